The zero-order valence-electron chi connectivity index (χ0n) is 9.46. The molecule has 17 heavy (non-hydrogen) atoms. The van der Waals surface area contributed by atoms with Crippen molar-refractivity contribution < 1.29 is 14.7 Å². The molecule has 1 aromatic rings. The molecule has 0 saturated carbocycles. The molecule has 0 aliphatic heterocycles. The molecule has 1 amide bonds. The average molecular weight is 238 g/mol. The van der Waals surface area contributed by atoms with Crippen molar-refractivity contribution in [1.29, 1.82) is 0 Å². The smallest absolute Gasteiger partial charge is 0.303 e. The third-order valence-corrected chi connectivity index (χ3v) is 2.12. The third kappa shape index (κ3) is 4.45. The summed E-state index contributed by atoms with van der Waals surface area (Å²) in [5.41, 5.74) is 5.95. The van der Waals surface area contributed by atoms with Gasteiger partial charge in [-0.15, -0.1) is 5.10 Å². The van der Waals surface area contributed by atoms with E-state index < -0.39 is 11.9 Å². The van der Waals surface area contributed by atoms with Gasteiger partial charge in [-0.1, -0.05) is 11.6 Å². The van der Waals surface area contributed by atoms with Gasteiger partial charge >= 0.3 is 5.97 Å². The summed E-state index contributed by atoms with van der Waals surface area (Å²) in [6.45, 7) is 2.28. The first-order valence-corrected chi connectivity index (χ1v) is 5.05. The number of allylic oxidation sites excluding steroid dienone is 2. The van der Waals surface area contributed by atoms with Gasteiger partial charge in [0.2, 0.25) is 5.82 Å². The lowest BCUT2D eigenvalue weighted by Gasteiger charge is -1.98. The molecule has 0 radical (unpaired) electrons. The van der Waals surface area contributed by atoms with Crippen molar-refractivity contribution in [2.75, 3.05) is 0 Å². The molecule has 0 bridgehead atoms. The molecular weight excluding hydrogens is 224 g/mol. The highest BCUT2D eigenvalue weighted by Gasteiger charge is 2.05. The highest BCUT2D eigenvalue weighted by molar-refractivity contribution is 5.88. The van der Waals surface area contributed by atoms with Crippen LogP contribution in [0.2, 0.25) is 0 Å². The van der Waals surface area contributed by atoms with E-state index in [1.54, 1.807) is 0 Å². The SMILES string of the molecule is C/C(=C\Cn1cnc(C(N)=O)n1)CCC(=O)O. The molecule has 0 spiro atoms. The zero-order chi connectivity index (χ0) is 12.8. The van der Waals surface area contributed by atoms with E-state index in [0.717, 1.165) is 5.57 Å². The number of nitrogens with zero attached hydrogens (tertiary/aromatic N) is 3. The van der Waals surface area contributed by atoms with Gasteiger partial charge in [0, 0.05) is 6.42 Å². The first-order valence-electron chi connectivity index (χ1n) is 5.05. The molecule has 3 N–H and O–H groups in total. The van der Waals surface area contributed by atoms with Crippen molar-refractivity contribution in [2.24, 2.45) is 5.73 Å². The van der Waals surface area contributed by atoms with E-state index in [1.807, 2.05) is 13.0 Å². The van der Waals surface area contributed by atoms with Crippen LogP contribution in [0.15, 0.2) is 18.0 Å². The number of nitrogens with two attached hydrogens (primary N) is 1. The maximum Gasteiger partial charge on any atom is 0.303 e. The Morgan fingerprint density at radius 1 is 1.53 bits per heavy atom. The number of amides is 1. The second-order valence-corrected chi connectivity index (χ2v) is 3.60. The van der Waals surface area contributed by atoms with E-state index in [9.17, 15) is 9.59 Å². The van der Waals surface area contributed by atoms with Gasteiger partial charge < -0.3 is 10.8 Å². The van der Waals surface area contributed by atoms with Crippen LogP contribution >= 0.6 is 0 Å². The molecule has 0 atom stereocenters. The minimum absolute atomic E-state index is 0.0263. The summed E-state index contributed by atoms with van der Waals surface area (Å²) in [4.78, 5) is 24.8. The van der Waals surface area contributed by atoms with Crippen molar-refractivity contribution in [2.45, 2.75) is 26.3 Å². The molecule has 0 unspecified atom stereocenters. The van der Waals surface area contributed by atoms with Gasteiger partial charge in [0.05, 0.1) is 6.54 Å². The number of rotatable bonds is 6. The van der Waals surface area contributed by atoms with Crippen LogP contribution in [-0.2, 0) is 11.3 Å². The Kier molecular flexibility index (Phi) is 4.38. The van der Waals surface area contributed by atoms with Gasteiger partial charge in [-0.2, -0.15) is 0 Å². The maximum atomic E-state index is 10.7. The molecule has 92 valence electrons. The number of aromatic nitrogens is 3. The zero-order valence-corrected chi connectivity index (χ0v) is 9.46. The van der Waals surface area contributed by atoms with Crippen LogP contribution in [0.3, 0.4) is 0 Å². The fraction of sp³-hybridized carbons (Fsp3) is 0.400. The van der Waals surface area contributed by atoms with Crippen LogP contribution in [-0.4, -0.2) is 31.7 Å². The molecular formula is C10H14N4O3. The normalized spacial score (nSPS) is 11.5. The lowest BCUT2D eigenvalue weighted by Crippen LogP contribution is -2.13. The molecule has 0 saturated heterocycles. The molecule has 0 aliphatic carbocycles. The molecule has 1 heterocycles. The highest BCUT2D eigenvalue weighted by Crippen LogP contribution is 2.04. The van der Waals surface area contributed by atoms with Gasteiger partial charge in [0.25, 0.3) is 5.91 Å². The van der Waals surface area contributed by atoms with E-state index in [4.69, 9.17) is 10.8 Å². The van der Waals surface area contributed by atoms with E-state index in [0.29, 0.717) is 13.0 Å². The maximum absolute atomic E-state index is 10.7. The van der Waals surface area contributed by atoms with Gasteiger partial charge in [0.15, 0.2) is 0 Å². The number of carbonyl (C=O) groups excluding carboxylic acids is 1. The Balaban J connectivity index is 2.50. The number of primary amides is 1. The summed E-state index contributed by atoms with van der Waals surface area (Å²) in [7, 11) is 0. The number of hydrogen-bond acceptors (Lipinski definition) is 4. The summed E-state index contributed by atoms with van der Waals surface area (Å²) < 4.78 is 1.46. The Hall–Kier alpha value is -2.18. The monoisotopic (exact) mass is 238 g/mol. The number of carboxylic acid groups (broad SMARTS) is 1. The Morgan fingerprint density at radius 2 is 2.24 bits per heavy atom. The van der Waals surface area contributed by atoms with Crippen LogP contribution in [0.5, 0.6) is 0 Å². The van der Waals surface area contributed by atoms with E-state index in [1.165, 1.54) is 11.0 Å². The van der Waals surface area contributed by atoms with Crippen LogP contribution < -0.4 is 5.73 Å². The Morgan fingerprint density at radius 3 is 2.76 bits per heavy atom. The largest absolute Gasteiger partial charge is 0.481 e. The molecule has 7 nitrogen and oxygen atoms in total. The van der Waals surface area contributed by atoms with Gasteiger partial charge in [-0.05, 0) is 13.3 Å². The predicted octanol–water partition coefficient (Wildman–Crippen LogP) is 0.188. The van der Waals surface area contributed by atoms with E-state index in [2.05, 4.69) is 10.1 Å². The summed E-state index contributed by atoms with van der Waals surface area (Å²) in [5.74, 6) is -1.52. The van der Waals surface area contributed by atoms with Crippen molar-refractivity contribution in [1.82, 2.24) is 14.8 Å². The van der Waals surface area contributed by atoms with Gasteiger partial charge in [-0.25, -0.2) is 9.67 Å². The van der Waals surface area contributed by atoms with Crippen LogP contribution in [0, 0.1) is 0 Å². The van der Waals surface area contributed by atoms with Crippen LogP contribution in [0.4, 0.5) is 0 Å². The second-order valence-electron chi connectivity index (χ2n) is 3.60. The topological polar surface area (TPSA) is 111 Å². The molecule has 0 fully saturated rings. The minimum Gasteiger partial charge on any atom is -0.481 e. The Bertz CT molecular complexity index is 450. The first kappa shape index (κ1) is 12.9. The summed E-state index contributed by atoms with van der Waals surface area (Å²) in [5, 5.41) is 12.4. The quantitative estimate of drug-likeness (QED) is 0.687. The molecule has 7 heteroatoms. The summed E-state index contributed by atoms with van der Waals surface area (Å²) in [6, 6.07) is 0. The second kappa shape index (κ2) is 5.78. The number of carboxylic acids is 1. The molecule has 1 aromatic heterocycles. The van der Waals surface area contributed by atoms with Crippen molar-refractivity contribution >= 4 is 11.9 Å². The number of carbonyl (C=O) groups is 2. The molecule has 0 aliphatic rings. The van der Waals surface area contributed by atoms with E-state index >= 15 is 0 Å². The minimum atomic E-state index is -0.825. The molecule has 0 aromatic carbocycles. The number of hydrogen-bond donors (Lipinski definition) is 2. The third-order valence-electron chi connectivity index (χ3n) is 2.12. The highest BCUT2D eigenvalue weighted by atomic mass is 16.4. The fourth-order valence-corrected chi connectivity index (χ4v) is 1.15. The van der Waals surface area contributed by atoms with E-state index in [-0.39, 0.29) is 12.2 Å². The van der Waals surface area contributed by atoms with Crippen LogP contribution in [0.25, 0.3) is 0 Å². The summed E-state index contributed by atoms with van der Waals surface area (Å²) >= 11 is 0. The van der Waals surface area contributed by atoms with Crippen molar-refractivity contribution in [3.8, 4) is 0 Å². The Labute approximate surface area is 97.9 Å². The van der Waals surface area contributed by atoms with Gasteiger partial charge in [-0.3, -0.25) is 9.59 Å². The summed E-state index contributed by atoms with van der Waals surface area (Å²) in [6.07, 6.45) is 3.84. The van der Waals surface area contributed by atoms with Crippen LogP contribution in [0.1, 0.15) is 30.4 Å². The average Bonchev–Trinajstić information content (AvgIpc) is 2.72. The first-order chi connectivity index (χ1) is 7.99. The lowest BCUT2D eigenvalue weighted by atomic mass is 10.1. The predicted molar refractivity (Wildman–Crippen MR) is 59.2 cm³/mol. The van der Waals surface area contributed by atoms with Crippen molar-refractivity contribution in [3.05, 3.63) is 23.8 Å². The fourth-order valence-electron chi connectivity index (χ4n) is 1.15. The van der Waals surface area contributed by atoms with Gasteiger partial charge in [0.1, 0.15) is 6.33 Å². The number of aliphatic carboxylic acids is 1. The van der Waals surface area contributed by atoms with Crippen molar-refractivity contribution in [3.63, 3.8) is 0 Å². The standard InChI is InChI=1S/C10H14N4O3/c1-7(2-3-8(15)16)4-5-14-6-12-10(13-14)9(11)17/h4,6H,2-3,5H2,1H3,(H2,11,17)(H,15,16)/b7-4+. The lowest BCUT2D eigenvalue weighted by molar-refractivity contribution is -0.136. The molecule has 1 rings (SSSR count).